The van der Waals surface area contributed by atoms with Gasteiger partial charge in [-0.3, -0.25) is 0 Å². The number of aryl methyl sites for hydroxylation is 1. The molecule has 0 atom stereocenters. The van der Waals surface area contributed by atoms with Crippen molar-refractivity contribution in [3.8, 4) is 6.07 Å². The summed E-state index contributed by atoms with van der Waals surface area (Å²) in [7, 11) is 0. The Balaban J connectivity index is 2.05. The van der Waals surface area contributed by atoms with Gasteiger partial charge in [-0.1, -0.05) is 6.92 Å². The van der Waals surface area contributed by atoms with Crippen molar-refractivity contribution in [3.05, 3.63) is 21.6 Å². The van der Waals surface area contributed by atoms with Crippen molar-refractivity contribution in [2.24, 2.45) is 0 Å². The van der Waals surface area contributed by atoms with Crippen LogP contribution in [-0.2, 0) is 13.0 Å². The zero-order valence-corrected chi connectivity index (χ0v) is 10.9. The minimum atomic E-state index is 0.286. The van der Waals surface area contributed by atoms with E-state index in [1.807, 2.05) is 12.3 Å². The summed E-state index contributed by atoms with van der Waals surface area (Å²) in [6.45, 7) is 2.70. The Bertz CT molecular complexity index is 551. The molecule has 0 unspecified atom stereocenters. The minimum absolute atomic E-state index is 0.286. The normalized spacial score (nSPS) is 10.1. The van der Waals surface area contributed by atoms with Crippen molar-refractivity contribution in [1.82, 2.24) is 9.36 Å². The molecule has 2 aromatic heterocycles. The Morgan fingerprint density at radius 3 is 3.06 bits per heavy atom. The zero-order chi connectivity index (χ0) is 12.3. The Kier molecular flexibility index (Phi) is 3.56. The lowest BCUT2D eigenvalue weighted by molar-refractivity contribution is 1.10. The van der Waals surface area contributed by atoms with E-state index in [4.69, 9.17) is 11.0 Å². The minimum Gasteiger partial charge on any atom is -0.382 e. The second-order valence-corrected chi connectivity index (χ2v) is 5.28. The summed E-state index contributed by atoms with van der Waals surface area (Å²) in [4.78, 5) is 5.55. The summed E-state index contributed by atoms with van der Waals surface area (Å²) >= 11 is 2.87. The van der Waals surface area contributed by atoms with Crippen LogP contribution in [0.2, 0.25) is 0 Å². The second-order valence-electron chi connectivity index (χ2n) is 3.31. The molecule has 0 aliphatic carbocycles. The maximum atomic E-state index is 8.91. The number of hydrogen-bond acceptors (Lipinski definition) is 7. The Morgan fingerprint density at radius 1 is 1.59 bits per heavy atom. The van der Waals surface area contributed by atoms with E-state index in [0.29, 0.717) is 17.1 Å². The summed E-state index contributed by atoms with van der Waals surface area (Å²) in [5, 5.41) is 13.8. The number of thiazole rings is 1. The quantitative estimate of drug-likeness (QED) is 0.885. The van der Waals surface area contributed by atoms with Gasteiger partial charge in [0.05, 0.1) is 6.54 Å². The molecule has 0 saturated heterocycles. The summed E-state index contributed by atoms with van der Waals surface area (Å²) in [5.41, 5.74) is 5.99. The first-order chi connectivity index (χ1) is 8.24. The molecular weight excluding hydrogens is 254 g/mol. The second kappa shape index (κ2) is 5.12. The first-order valence-electron chi connectivity index (χ1n) is 5.07. The highest BCUT2D eigenvalue weighted by Gasteiger charge is 2.10. The molecule has 2 heterocycles. The Labute approximate surface area is 107 Å². The summed E-state index contributed by atoms with van der Waals surface area (Å²) in [6, 6.07) is 2.04. The smallest absolute Gasteiger partial charge is 0.157 e. The van der Waals surface area contributed by atoms with Crippen LogP contribution in [-0.4, -0.2) is 9.36 Å². The monoisotopic (exact) mass is 265 g/mol. The van der Waals surface area contributed by atoms with Crippen molar-refractivity contribution in [2.75, 3.05) is 11.1 Å². The molecule has 0 saturated carbocycles. The van der Waals surface area contributed by atoms with Gasteiger partial charge in [0.25, 0.3) is 0 Å². The molecular formula is C10H11N5S2. The lowest BCUT2D eigenvalue weighted by Crippen LogP contribution is -1.98. The number of nitrogens with one attached hydrogen (secondary N) is 1. The van der Waals surface area contributed by atoms with E-state index in [-0.39, 0.29) is 5.82 Å². The third kappa shape index (κ3) is 2.54. The molecule has 17 heavy (non-hydrogen) atoms. The molecule has 0 aliphatic rings. The average molecular weight is 265 g/mol. The highest BCUT2D eigenvalue weighted by atomic mass is 32.1. The first kappa shape index (κ1) is 11.8. The maximum absolute atomic E-state index is 8.91. The van der Waals surface area contributed by atoms with Gasteiger partial charge in [0.15, 0.2) is 5.82 Å². The fraction of sp³-hybridized carbons (Fsp3) is 0.300. The molecule has 0 aromatic carbocycles. The number of anilines is 2. The predicted molar refractivity (Wildman–Crippen MR) is 70.1 cm³/mol. The van der Waals surface area contributed by atoms with E-state index in [1.54, 1.807) is 11.3 Å². The molecule has 0 spiro atoms. The fourth-order valence-electron chi connectivity index (χ4n) is 1.28. The first-order valence-corrected chi connectivity index (χ1v) is 6.66. The van der Waals surface area contributed by atoms with Crippen LogP contribution in [0.1, 0.15) is 22.4 Å². The molecule has 0 bridgehead atoms. The molecule has 0 radical (unpaired) electrons. The summed E-state index contributed by atoms with van der Waals surface area (Å²) in [5.74, 6) is 0.286. The maximum Gasteiger partial charge on any atom is 0.157 e. The van der Waals surface area contributed by atoms with E-state index in [2.05, 4.69) is 21.6 Å². The van der Waals surface area contributed by atoms with Crippen LogP contribution in [0, 0.1) is 11.3 Å². The average Bonchev–Trinajstić information content (AvgIpc) is 2.92. The lowest BCUT2D eigenvalue weighted by atomic mass is 10.3. The number of nitriles is 1. The van der Waals surface area contributed by atoms with Crippen LogP contribution in [0.4, 0.5) is 10.8 Å². The van der Waals surface area contributed by atoms with Crippen LogP contribution >= 0.6 is 22.9 Å². The number of hydrogen-bond donors (Lipinski definition) is 2. The van der Waals surface area contributed by atoms with Crippen LogP contribution in [0.5, 0.6) is 0 Å². The lowest BCUT2D eigenvalue weighted by Gasteiger charge is -1.99. The molecule has 2 rings (SSSR count). The number of aromatic nitrogens is 2. The van der Waals surface area contributed by atoms with E-state index in [1.165, 1.54) is 16.4 Å². The number of rotatable bonds is 4. The van der Waals surface area contributed by atoms with Gasteiger partial charge in [0, 0.05) is 11.1 Å². The van der Waals surface area contributed by atoms with Gasteiger partial charge in [0.2, 0.25) is 0 Å². The van der Waals surface area contributed by atoms with Crippen molar-refractivity contribution in [2.45, 2.75) is 19.9 Å². The summed E-state index contributed by atoms with van der Waals surface area (Å²) < 4.78 is 3.94. The van der Waals surface area contributed by atoms with Crippen LogP contribution in [0.3, 0.4) is 0 Å². The van der Waals surface area contributed by atoms with E-state index in [0.717, 1.165) is 11.4 Å². The van der Waals surface area contributed by atoms with Crippen LogP contribution < -0.4 is 11.1 Å². The molecule has 0 amide bonds. The number of nitrogens with zero attached hydrogens (tertiary/aromatic N) is 3. The van der Waals surface area contributed by atoms with E-state index in [9.17, 15) is 0 Å². The van der Waals surface area contributed by atoms with Crippen LogP contribution in [0.15, 0.2) is 6.20 Å². The van der Waals surface area contributed by atoms with Gasteiger partial charge in [-0.25, -0.2) is 4.98 Å². The predicted octanol–water partition coefficient (Wildman–Crippen LogP) is 2.23. The third-order valence-corrected chi connectivity index (χ3v) is 4.14. The largest absolute Gasteiger partial charge is 0.382 e. The molecule has 0 aliphatic heterocycles. The zero-order valence-electron chi connectivity index (χ0n) is 9.23. The summed E-state index contributed by atoms with van der Waals surface area (Å²) in [6.07, 6.45) is 2.88. The van der Waals surface area contributed by atoms with E-state index < -0.39 is 0 Å². The van der Waals surface area contributed by atoms with Gasteiger partial charge in [-0.2, -0.15) is 9.64 Å². The standard InChI is InChI=1S/C10H11N5S2/c1-2-6-4-13-8(16-6)5-14-10-7(3-11)9(12)15-17-10/h4,14H,2,5H2,1H3,(H2,12,15). The van der Waals surface area contributed by atoms with Crippen molar-refractivity contribution >= 4 is 33.7 Å². The molecule has 88 valence electrons. The van der Waals surface area contributed by atoms with Crippen molar-refractivity contribution in [1.29, 1.82) is 5.26 Å². The van der Waals surface area contributed by atoms with Crippen molar-refractivity contribution in [3.63, 3.8) is 0 Å². The molecule has 3 N–H and O–H groups in total. The van der Waals surface area contributed by atoms with Gasteiger partial charge in [0.1, 0.15) is 21.6 Å². The Morgan fingerprint density at radius 2 is 2.41 bits per heavy atom. The van der Waals surface area contributed by atoms with Crippen molar-refractivity contribution < 1.29 is 0 Å². The fourth-order valence-corrected chi connectivity index (χ4v) is 2.74. The topological polar surface area (TPSA) is 87.6 Å². The Hall–Kier alpha value is -1.65. The SMILES string of the molecule is CCc1cnc(CNc2snc(N)c2C#N)s1. The van der Waals surface area contributed by atoms with E-state index >= 15 is 0 Å². The van der Waals surface area contributed by atoms with Gasteiger partial charge in [-0.15, -0.1) is 11.3 Å². The molecule has 7 heteroatoms. The van der Waals surface area contributed by atoms with Gasteiger partial charge < -0.3 is 11.1 Å². The number of nitrogens with two attached hydrogens (primary N) is 1. The molecule has 2 aromatic rings. The van der Waals surface area contributed by atoms with Crippen LogP contribution in [0.25, 0.3) is 0 Å². The number of nitrogen functional groups attached to an aromatic ring is 1. The third-order valence-electron chi connectivity index (χ3n) is 2.18. The van der Waals surface area contributed by atoms with Gasteiger partial charge in [-0.05, 0) is 18.0 Å². The van der Waals surface area contributed by atoms with Gasteiger partial charge >= 0.3 is 0 Å². The highest BCUT2D eigenvalue weighted by Crippen LogP contribution is 2.26. The molecule has 0 fully saturated rings. The highest BCUT2D eigenvalue weighted by molar-refractivity contribution is 7.12. The molecule has 5 nitrogen and oxygen atoms in total.